The fourth-order valence-corrected chi connectivity index (χ4v) is 2.23. The second-order valence-corrected chi connectivity index (χ2v) is 5.09. The van der Waals surface area contributed by atoms with E-state index < -0.39 is 11.7 Å². The minimum Gasteiger partial charge on any atom is -0.253 e. The highest BCUT2D eigenvalue weighted by molar-refractivity contribution is 7.13. The van der Waals surface area contributed by atoms with E-state index in [1.165, 1.54) is 30.5 Å². The minimum atomic E-state index is -4.35. The van der Waals surface area contributed by atoms with Crippen molar-refractivity contribution in [3.8, 4) is 0 Å². The van der Waals surface area contributed by atoms with Gasteiger partial charge in [0, 0.05) is 5.38 Å². The molecule has 1 N–H and O–H groups in total. The van der Waals surface area contributed by atoms with Crippen LogP contribution in [-0.2, 0) is 6.18 Å². The number of nitrogens with zero attached hydrogens (tertiary/aromatic N) is 2. The molecular formula is C13H12F3N3S. The predicted molar refractivity (Wildman–Crippen MR) is 74.2 cm³/mol. The first-order valence-corrected chi connectivity index (χ1v) is 6.63. The Morgan fingerprint density at radius 2 is 2.05 bits per heavy atom. The first-order chi connectivity index (χ1) is 9.36. The zero-order chi connectivity index (χ0) is 14.8. The van der Waals surface area contributed by atoms with Crippen LogP contribution in [0.1, 0.15) is 22.4 Å². The average Bonchev–Trinajstić information content (AvgIpc) is 2.76. The number of anilines is 1. The molecule has 0 atom stereocenters. The molecule has 0 saturated heterocycles. The zero-order valence-electron chi connectivity index (χ0n) is 10.8. The molecule has 106 valence electrons. The largest absolute Gasteiger partial charge is 0.416 e. The van der Waals surface area contributed by atoms with Gasteiger partial charge in [0.25, 0.3) is 0 Å². The lowest BCUT2D eigenvalue weighted by molar-refractivity contribution is -0.138. The molecule has 0 aliphatic carbocycles. The van der Waals surface area contributed by atoms with Crippen molar-refractivity contribution in [3.05, 3.63) is 46.0 Å². The van der Waals surface area contributed by atoms with Gasteiger partial charge in [0.1, 0.15) is 0 Å². The van der Waals surface area contributed by atoms with E-state index in [1.807, 2.05) is 12.3 Å². The third-order valence-corrected chi connectivity index (χ3v) is 3.42. The molecule has 0 aliphatic rings. The molecule has 0 saturated carbocycles. The quantitative estimate of drug-likeness (QED) is 0.680. The van der Waals surface area contributed by atoms with Crippen molar-refractivity contribution in [2.75, 3.05) is 5.43 Å². The van der Waals surface area contributed by atoms with E-state index in [0.717, 1.165) is 11.8 Å². The van der Waals surface area contributed by atoms with Gasteiger partial charge in [-0.2, -0.15) is 18.3 Å². The number of benzene rings is 1. The number of hydrazone groups is 1. The van der Waals surface area contributed by atoms with Crippen LogP contribution < -0.4 is 5.43 Å². The van der Waals surface area contributed by atoms with E-state index in [1.54, 1.807) is 6.07 Å². The molecule has 0 unspecified atom stereocenters. The standard InChI is InChI=1S/C13H12F3N3S/c1-8-3-4-10(5-11(8)13(14,15)16)6-17-19-12-18-9(2)7-20-12/h3-7H,1-2H3,(H,18,19). The number of nitrogens with one attached hydrogen (secondary N) is 1. The molecule has 2 rings (SSSR count). The molecule has 7 heteroatoms. The molecule has 1 heterocycles. The Morgan fingerprint density at radius 3 is 2.65 bits per heavy atom. The zero-order valence-corrected chi connectivity index (χ0v) is 11.6. The number of thiazole rings is 1. The molecule has 0 aliphatic heterocycles. The lowest BCUT2D eigenvalue weighted by Gasteiger charge is -2.10. The van der Waals surface area contributed by atoms with Crippen molar-refractivity contribution < 1.29 is 13.2 Å². The van der Waals surface area contributed by atoms with Gasteiger partial charge in [-0.1, -0.05) is 12.1 Å². The SMILES string of the molecule is Cc1csc(NN=Cc2ccc(C)c(C(F)(F)F)c2)n1. The highest BCUT2D eigenvalue weighted by atomic mass is 32.1. The van der Waals surface area contributed by atoms with E-state index in [4.69, 9.17) is 0 Å². The van der Waals surface area contributed by atoms with Crippen LogP contribution in [0.5, 0.6) is 0 Å². The smallest absolute Gasteiger partial charge is 0.253 e. The normalized spacial score (nSPS) is 12.1. The van der Waals surface area contributed by atoms with Gasteiger partial charge < -0.3 is 0 Å². The number of rotatable bonds is 3. The molecule has 0 radical (unpaired) electrons. The Labute approximate surface area is 118 Å². The summed E-state index contributed by atoms with van der Waals surface area (Å²) < 4.78 is 38.3. The summed E-state index contributed by atoms with van der Waals surface area (Å²) in [6.07, 6.45) is -3.01. The van der Waals surface area contributed by atoms with Crippen LogP contribution in [0.15, 0.2) is 28.7 Å². The van der Waals surface area contributed by atoms with Crippen LogP contribution >= 0.6 is 11.3 Å². The van der Waals surface area contributed by atoms with Crippen molar-refractivity contribution in [3.63, 3.8) is 0 Å². The van der Waals surface area contributed by atoms with Crippen LogP contribution in [0, 0.1) is 13.8 Å². The number of aromatic nitrogens is 1. The van der Waals surface area contributed by atoms with Crippen molar-refractivity contribution in [2.45, 2.75) is 20.0 Å². The van der Waals surface area contributed by atoms with E-state index in [0.29, 0.717) is 10.7 Å². The highest BCUT2D eigenvalue weighted by Gasteiger charge is 2.32. The summed E-state index contributed by atoms with van der Waals surface area (Å²) >= 11 is 1.38. The molecular weight excluding hydrogens is 287 g/mol. The fraction of sp³-hybridized carbons (Fsp3) is 0.231. The van der Waals surface area contributed by atoms with Crippen LogP contribution in [0.25, 0.3) is 0 Å². The number of hydrogen-bond acceptors (Lipinski definition) is 4. The Bertz CT molecular complexity index is 632. The summed E-state index contributed by atoms with van der Waals surface area (Å²) in [4.78, 5) is 4.13. The van der Waals surface area contributed by atoms with Crippen LogP contribution in [0.2, 0.25) is 0 Å². The lowest BCUT2D eigenvalue weighted by Crippen LogP contribution is -2.08. The van der Waals surface area contributed by atoms with Gasteiger partial charge in [-0.3, -0.25) is 5.43 Å². The van der Waals surface area contributed by atoms with Crippen LogP contribution in [-0.4, -0.2) is 11.2 Å². The summed E-state index contributed by atoms with van der Waals surface area (Å²) in [7, 11) is 0. The first kappa shape index (κ1) is 14.5. The third kappa shape index (κ3) is 3.57. The Kier molecular flexibility index (Phi) is 4.08. The summed E-state index contributed by atoms with van der Waals surface area (Å²) in [6, 6.07) is 4.09. The fourth-order valence-electron chi connectivity index (χ4n) is 1.59. The predicted octanol–water partition coefficient (Wildman–Crippen LogP) is 4.22. The van der Waals surface area contributed by atoms with E-state index in [2.05, 4.69) is 15.5 Å². The Morgan fingerprint density at radius 1 is 1.30 bits per heavy atom. The Hall–Kier alpha value is -1.89. The van der Waals surface area contributed by atoms with Gasteiger partial charge in [0.05, 0.1) is 17.5 Å². The summed E-state index contributed by atoms with van der Waals surface area (Å²) in [5.74, 6) is 0. The molecule has 1 aromatic carbocycles. The number of halogens is 3. The lowest BCUT2D eigenvalue weighted by atomic mass is 10.1. The van der Waals surface area contributed by atoms with Crippen molar-refractivity contribution >= 4 is 22.7 Å². The maximum Gasteiger partial charge on any atom is 0.416 e. The maximum absolute atomic E-state index is 12.8. The number of aryl methyl sites for hydroxylation is 2. The first-order valence-electron chi connectivity index (χ1n) is 5.75. The van der Waals surface area contributed by atoms with Gasteiger partial charge in [0.2, 0.25) is 5.13 Å². The van der Waals surface area contributed by atoms with Gasteiger partial charge in [-0.05, 0) is 31.0 Å². The third-order valence-electron chi connectivity index (χ3n) is 2.56. The number of alkyl halides is 3. The van der Waals surface area contributed by atoms with Crippen molar-refractivity contribution in [1.82, 2.24) is 4.98 Å². The van der Waals surface area contributed by atoms with E-state index >= 15 is 0 Å². The second-order valence-electron chi connectivity index (χ2n) is 4.24. The van der Waals surface area contributed by atoms with Crippen molar-refractivity contribution in [1.29, 1.82) is 0 Å². The molecule has 0 spiro atoms. The molecule has 1 aromatic heterocycles. The highest BCUT2D eigenvalue weighted by Crippen LogP contribution is 2.32. The molecule has 0 fully saturated rings. The molecule has 2 aromatic rings. The molecule has 0 bridgehead atoms. The van der Waals surface area contributed by atoms with Crippen LogP contribution in [0.4, 0.5) is 18.3 Å². The topological polar surface area (TPSA) is 37.3 Å². The minimum absolute atomic E-state index is 0.193. The number of hydrogen-bond donors (Lipinski definition) is 1. The maximum atomic E-state index is 12.8. The summed E-state index contributed by atoms with van der Waals surface area (Å²) in [5, 5.41) is 6.34. The van der Waals surface area contributed by atoms with Crippen molar-refractivity contribution in [2.24, 2.45) is 5.10 Å². The molecule has 0 amide bonds. The molecule has 20 heavy (non-hydrogen) atoms. The second kappa shape index (κ2) is 5.62. The van der Waals surface area contributed by atoms with Gasteiger partial charge in [0.15, 0.2) is 0 Å². The monoisotopic (exact) mass is 299 g/mol. The van der Waals surface area contributed by atoms with Crippen LogP contribution in [0.3, 0.4) is 0 Å². The van der Waals surface area contributed by atoms with E-state index in [9.17, 15) is 13.2 Å². The summed E-state index contributed by atoms with van der Waals surface area (Å²) in [6.45, 7) is 3.28. The molecule has 3 nitrogen and oxygen atoms in total. The summed E-state index contributed by atoms with van der Waals surface area (Å²) in [5.41, 5.74) is 3.47. The van der Waals surface area contributed by atoms with Gasteiger partial charge in [-0.15, -0.1) is 11.3 Å². The van der Waals surface area contributed by atoms with E-state index in [-0.39, 0.29) is 5.56 Å². The van der Waals surface area contributed by atoms with Gasteiger partial charge in [-0.25, -0.2) is 4.98 Å². The Balaban J connectivity index is 2.13. The average molecular weight is 299 g/mol. The van der Waals surface area contributed by atoms with Gasteiger partial charge >= 0.3 is 6.18 Å².